The average molecular weight is 351 g/mol. The Labute approximate surface area is 156 Å². The van der Waals surface area contributed by atoms with Gasteiger partial charge in [0, 0.05) is 24.3 Å². The van der Waals surface area contributed by atoms with Crippen molar-refractivity contribution in [1.82, 2.24) is 10.3 Å². The number of amides is 1. The molecular formula is C23H30N2O. The molecule has 3 heteroatoms. The van der Waals surface area contributed by atoms with Gasteiger partial charge in [-0.15, -0.1) is 0 Å². The van der Waals surface area contributed by atoms with Crippen molar-refractivity contribution in [2.24, 2.45) is 5.92 Å². The van der Waals surface area contributed by atoms with Crippen LogP contribution in [0.5, 0.6) is 0 Å². The lowest BCUT2D eigenvalue weighted by atomic mass is 10.1. The van der Waals surface area contributed by atoms with Crippen LogP contribution in [0.4, 0.5) is 0 Å². The van der Waals surface area contributed by atoms with E-state index in [1.54, 1.807) is 6.08 Å². The van der Waals surface area contributed by atoms with Crippen LogP contribution in [-0.2, 0) is 11.2 Å². The van der Waals surface area contributed by atoms with Gasteiger partial charge in [0.25, 0.3) is 0 Å². The molecule has 1 heterocycles. The van der Waals surface area contributed by atoms with Crippen molar-refractivity contribution < 1.29 is 4.79 Å². The van der Waals surface area contributed by atoms with Crippen molar-refractivity contribution in [3.8, 4) is 0 Å². The molecule has 26 heavy (non-hydrogen) atoms. The fraction of sp³-hybridized carbons (Fsp3) is 0.348. The number of benzene rings is 1. The zero-order chi connectivity index (χ0) is 18.6. The highest BCUT2D eigenvalue weighted by Gasteiger charge is 1.96. The SMILES string of the molecule is CC(C)CNC(=O)/C=C/C=C/CCC/C=C/Cc1ccc2[nH]ccc2c1. The Hall–Kier alpha value is -2.55. The van der Waals surface area contributed by atoms with Gasteiger partial charge in [-0.3, -0.25) is 4.79 Å². The molecule has 3 nitrogen and oxygen atoms in total. The topological polar surface area (TPSA) is 44.9 Å². The molecule has 1 aromatic heterocycles. The summed E-state index contributed by atoms with van der Waals surface area (Å²) in [5, 5.41) is 4.13. The number of nitrogens with one attached hydrogen (secondary N) is 2. The molecule has 0 radical (unpaired) electrons. The van der Waals surface area contributed by atoms with Gasteiger partial charge >= 0.3 is 0 Å². The molecule has 2 aromatic rings. The zero-order valence-electron chi connectivity index (χ0n) is 15.9. The first-order chi connectivity index (χ1) is 12.6. The first-order valence-electron chi connectivity index (χ1n) is 9.47. The predicted octanol–water partition coefficient (Wildman–Crippen LogP) is 5.32. The summed E-state index contributed by atoms with van der Waals surface area (Å²) in [5.41, 5.74) is 2.53. The second-order valence-electron chi connectivity index (χ2n) is 6.93. The standard InChI is InChI=1S/C23H30N2O/c1-19(2)18-25-23(26)12-10-8-6-4-3-5-7-9-11-20-13-14-22-21(17-20)15-16-24-22/h6-10,12-17,19,24H,3-5,11,18H2,1-2H3,(H,25,26)/b8-6+,9-7+,12-10+. The van der Waals surface area contributed by atoms with Crippen molar-refractivity contribution in [3.63, 3.8) is 0 Å². The molecule has 0 aliphatic rings. The third-order valence-corrected chi connectivity index (χ3v) is 4.06. The predicted molar refractivity (Wildman–Crippen MR) is 111 cm³/mol. The number of fused-ring (bicyclic) bond motifs is 1. The molecule has 0 aliphatic carbocycles. The normalized spacial score (nSPS) is 12.3. The first-order valence-corrected chi connectivity index (χ1v) is 9.47. The molecule has 1 amide bonds. The van der Waals surface area contributed by atoms with Gasteiger partial charge in [0.05, 0.1) is 0 Å². The first kappa shape index (κ1) is 19.8. The van der Waals surface area contributed by atoms with Gasteiger partial charge in [-0.05, 0) is 60.7 Å². The molecule has 0 fully saturated rings. The molecule has 0 saturated carbocycles. The fourth-order valence-corrected chi connectivity index (χ4v) is 2.60. The van der Waals surface area contributed by atoms with Crippen molar-refractivity contribution in [2.75, 3.05) is 6.54 Å². The zero-order valence-corrected chi connectivity index (χ0v) is 15.9. The van der Waals surface area contributed by atoms with Crippen LogP contribution in [0.3, 0.4) is 0 Å². The van der Waals surface area contributed by atoms with Crippen LogP contribution in [0.2, 0.25) is 0 Å². The van der Waals surface area contributed by atoms with E-state index < -0.39 is 0 Å². The smallest absolute Gasteiger partial charge is 0.243 e. The number of hydrogen-bond donors (Lipinski definition) is 2. The minimum Gasteiger partial charge on any atom is -0.361 e. The minimum absolute atomic E-state index is 0.0240. The van der Waals surface area contributed by atoms with Crippen molar-refractivity contribution >= 4 is 16.8 Å². The summed E-state index contributed by atoms with van der Waals surface area (Å²) in [7, 11) is 0. The third kappa shape index (κ3) is 7.56. The second kappa shape index (κ2) is 11.1. The Morgan fingerprint density at radius 3 is 2.81 bits per heavy atom. The van der Waals surface area contributed by atoms with E-state index in [2.05, 4.69) is 66.6 Å². The monoisotopic (exact) mass is 350 g/mol. The van der Waals surface area contributed by atoms with Crippen LogP contribution >= 0.6 is 0 Å². The summed E-state index contributed by atoms with van der Waals surface area (Å²) in [4.78, 5) is 14.7. The highest BCUT2D eigenvalue weighted by molar-refractivity contribution is 5.87. The maximum Gasteiger partial charge on any atom is 0.243 e. The molecule has 0 atom stereocenters. The van der Waals surface area contributed by atoms with Gasteiger partial charge in [-0.2, -0.15) is 0 Å². The summed E-state index contributed by atoms with van der Waals surface area (Å²) in [6.45, 7) is 4.88. The maximum absolute atomic E-state index is 11.5. The molecule has 2 N–H and O–H groups in total. The van der Waals surface area contributed by atoms with Crippen LogP contribution in [0.1, 0.15) is 38.7 Å². The van der Waals surface area contributed by atoms with Crippen LogP contribution in [-0.4, -0.2) is 17.4 Å². The summed E-state index contributed by atoms with van der Waals surface area (Å²) in [6, 6.07) is 8.66. The van der Waals surface area contributed by atoms with Crippen LogP contribution < -0.4 is 5.32 Å². The van der Waals surface area contributed by atoms with E-state index in [0.29, 0.717) is 5.92 Å². The lowest BCUT2D eigenvalue weighted by molar-refractivity contribution is -0.116. The van der Waals surface area contributed by atoms with Crippen molar-refractivity contribution in [1.29, 1.82) is 0 Å². The molecule has 0 saturated heterocycles. The van der Waals surface area contributed by atoms with Gasteiger partial charge in [-0.25, -0.2) is 0 Å². The Morgan fingerprint density at radius 2 is 1.96 bits per heavy atom. The third-order valence-electron chi connectivity index (χ3n) is 4.06. The maximum atomic E-state index is 11.5. The van der Waals surface area contributed by atoms with E-state index in [1.165, 1.54) is 16.5 Å². The van der Waals surface area contributed by atoms with E-state index in [1.807, 2.05) is 18.3 Å². The van der Waals surface area contributed by atoms with Crippen LogP contribution in [0, 0.1) is 5.92 Å². The number of carbonyl (C=O) groups is 1. The van der Waals surface area contributed by atoms with E-state index in [4.69, 9.17) is 0 Å². The van der Waals surface area contributed by atoms with Gasteiger partial charge in [0.1, 0.15) is 0 Å². The molecule has 138 valence electrons. The van der Waals surface area contributed by atoms with Crippen molar-refractivity contribution in [2.45, 2.75) is 39.5 Å². The van der Waals surface area contributed by atoms with E-state index >= 15 is 0 Å². The molecule has 0 bridgehead atoms. The van der Waals surface area contributed by atoms with E-state index in [0.717, 1.165) is 32.2 Å². The van der Waals surface area contributed by atoms with Crippen LogP contribution in [0.15, 0.2) is 66.9 Å². The Balaban J connectivity index is 1.56. The average Bonchev–Trinajstić information content (AvgIpc) is 3.09. The Bertz CT molecular complexity index is 765. The summed E-state index contributed by atoms with van der Waals surface area (Å²) in [5.74, 6) is 0.455. The molecule has 0 spiro atoms. The number of aromatic amines is 1. The summed E-state index contributed by atoms with van der Waals surface area (Å²) < 4.78 is 0. The minimum atomic E-state index is -0.0240. The Kier molecular flexibility index (Phi) is 8.47. The van der Waals surface area contributed by atoms with Crippen molar-refractivity contribution in [3.05, 3.63) is 72.5 Å². The fourth-order valence-electron chi connectivity index (χ4n) is 2.60. The lowest BCUT2D eigenvalue weighted by Crippen LogP contribution is -2.25. The number of carbonyl (C=O) groups excluding carboxylic acids is 1. The number of allylic oxidation sites excluding steroid dienone is 5. The quantitative estimate of drug-likeness (QED) is 0.259. The Morgan fingerprint density at radius 1 is 1.12 bits per heavy atom. The second-order valence-corrected chi connectivity index (χ2v) is 6.93. The van der Waals surface area contributed by atoms with Gasteiger partial charge in [0.2, 0.25) is 5.91 Å². The highest BCUT2D eigenvalue weighted by Crippen LogP contribution is 2.15. The van der Waals surface area contributed by atoms with E-state index in [9.17, 15) is 4.79 Å². The highest BCUT2D eigenvalue weighted by atomic mass is 16.1. The van der Waals surface area contributed by atoms with Gasteiger partial charge in [-0.1, -0.05) is 50.3 Å². The number of H-pyrrole nitrogens is 1. The molecule has 2 rings (SSSR count). The number of aromatic nitrogens is 1. The largest absolute Gasteiger partial charge is 0.361 e. The van der Waals surface area contributed by atoms with Crippen LogP contribution in [0.25, 0.3) is 10.9 Å². The molecular weight excluding hydrogens is 320 g/mol. The van der Waals surface area contributed by atoms with Gasteiger partial charge < -0.3 is 10.3 Å². The molecule has 0 unspecified atom stereocenters. The number of unbranched alkanes of at least 4 members (excludes halogenated alkanes) is 2. The number of rotatable bonds is 10. The van der Waals surface area contributed by atoms with Gasteiger partial charge in [0.15, 0.2) is 0 Å². The number of hydrogen-bond acceptors (Lipinski definition) is 1. The lowest BCUT2D eigenvalue weighted by Gasteiger charge is -2.03. The summed E-state index contributed by atoms with van der Waals surface area (Å²) >= 11 is 0. The van der Waals surface area contributed by atoms with E-state index in [-0.39, 0.29) is 5.91 Å². The molecule has 1 aromatic carbocycles. The molecule has 0 aliphatic heterocycles. The summed E-state index contributed by atoms with van der Waals surface area (Å²) in [6.07, 6.45) is 18.1.